The number of likely N-dealkylation sites (tertiary alicyclic amines) is 1. The van der Waals surface area contributed by atoms with Gasteiger partial charge in [-0.1, -0.05) is 13.8 Å². The minimum atomic E-state index is 0.806. The predicted octanol–water partition coefficient (Wildman–Crippen LogP) is 3.05. The SMILES string of the molecule is CCC(CC)N1CCCC2(CC2)C1. The van der Waals surface area contributed by atoms with E-state index in [0.717, 1.165) is 11.5 Å². The largest absolute Gasteiger partial charge is 0.300 e. The van der Waals surface area contributed by atoms with Crippen LogP contribution in [0.2, 0.25) is 0 Å². The smallest absolute Gasteiger partial charge is 0.00902 e. The van der Waals surface area contributed by atoms with E-state index in [1.165, 1.54) is 51.6 Å². The van der Waals surface area contributed by atoms with Gasteiger partial charge in [0.05, 0.1) is 0 Å². The third kappa shape index (κ3) is 1.90. The first-order valence-corrected chi connectivity index (χ1v) is 6.04. The van der Waals surface area contributed by atoms with Crippen LogP contribution < -0.4 is 0 Å². The number of nitrogens with zero attached hydrogens (tertiary/aromatic N) is 1. The van der Waals surface area contributed by atoms with Crippen molar-refractivity contribution in [1.82, 2.24) is 4.90 Å². The van der Waals surface area contributed by atoms with Crippen LogP contribution in [0.3, 0.4) is 0 Å². The molecule has 1 nitrogen and oxygen atoms in total. The highest BCUT2D eigenvalue weighted by atomic mass is 15.2. The summed E-state index contributed by atoms with van der Waals surface area (Å²) >= 11 is 0. The lowest BCUT2D eigenvalue weighted by atomic mass is 9.93. The Balaban J connectivity index is 1.91. The van der Waals surface area contributed by atoms with E-state index in [9.17, 15) is 0 Å². The summed E-state index contributed by atoms with van der Waals surface area (Å²) < 4.78 is 0. The molecule has 2 fully saturated rings. The number of hydrogen-bond donors (Lipinski definition) is 0. The van der Waals surface area contributed by atoms with Gasteiger partial charge in [-0.05, 0) is 50.5 Å². The molecule has 76 valence electrons. The summed E-state index contributed by atoms with van der Waals surface area (Å²) in [7, 11) is 0. The number of hydrogen-bond acceptors (Lipinski definition) is 1. The lowest BCUT2D eigenvalue weighted by Crippen LogP contribution is -2.42. The normalized spacial score (nSPS) is 27.0. The number of rotatable bonds is 3. The third-order valence-corrected chi connectivity index (χ3v) is 4.11. The van der Waals surface area contributed by atoms with Gasteiger partial charge in [-0.25, -0.2) is 0 Å². The second kappa shape index (κ2) is 3.61. The van der Waals surface area contributed by atoms with Gasteiger partial charge < -0.3 is 0 Å². The van der Waals surface area contributed by atoms with Crippen LogP contribution in [-0.2, 0) is 0 Å². The molecule has 2 rings (SSSR count). The minimum Gasteiger partial charge on any atom is -0.300 e. The zero-order valence-electron chi connectivity index (χ0n) is 9.18. The van der Waals surface area contributed by atoms with Crippen LogP contribution in [0.15, 0.2) is 0 Å². The summed E-state index contributed by atoms with van der Waals surface area (Å²) in [6.45, 7) is 7.46. The van der Waals surface area contributed by atoms with E-state index in [-0.39, 0.29) is 0 Å². The Bertz CT molecular complexity index is 168. The second-order valence-electron chi connectivity index (χ2n) is 5.04. The van der Waals surface area contributed by atoms with Crippen molar-refractivity contribution < 1.29 is 0 Å². The van der Waals surface area contributed by atoms with Crippen molar-refractivity contribution in [2.75, 3.05) is 13.1 Å². The van der Waals surface area contributed by atoms with Gasteiger partial charge in [0.15, 0.2) is 0 Å². The van der Waals surface area contributed by atoms with Gasteiger partial charge in [0.2, 0.25) is 0 Å². The molecule has 1 saturated carbocycles. The lowest BCUT2D eigenvalue weighted by molar-refractivity contribution is 0.106. The fourth-order valence-electron chi connectivity index (χ4n) is 2.95. The minimum absolute atomic E-state index is 0.806. The van der Waals surface area contributed by atoms with Gasteiger partial charge in [0, 0.05) is 12.6 Å². The second-order valence-corrected chi connectivity index (χ2v) is 5.04. The molecule has 0 radical (unpaired) electrons. The van der Waals surface area contributed by atoms with E-state index < -0.39 is 0 Å². The Hall–Kier alpha value is -0.0400. The topological polar surface area (TPSA) is 3.24 Å². The molecule has 2 aliphatic rings. The Morgan fingerprint density at radius 3 is 2.38 bits per heavy atom. The van der Waals surface area contributed by atoms with Crippen molar-refractivity contribution in [3.8, 4) is 0 Å². The Morgan fingerprint density at radius 2 is 1.85 bits per heavy atom. The summed E-state index contributed by atoms with van der Waals surface area (Å²) in [5, 5.41) is 0. The van der Waals surface area contributed by atoms with E-state index in [0.29, 0.717) is 0 Å². The summed E-state index contributed by atoms with van der Waals surface area (Å²) in [4.78, 5) is 2.76. The molecule has 1 aliphatic heterocycles. The molecule has 1 aliphatic carbocycles. The van der Waals surface area contributed by atoms with Gasteiger partial charge >= 0.3 is 0 Å². The molecular formula is C12H23N. The molecule has 0 unspecified atom stereocenters. The Kier molecular flexibility index (Phi) is 2.64. The molecule has 1 heteroatoms. The molecule has 1 spiro atoms. The van der Waals surface area contributed by atoms with E-state index in [4.69, 9.17) is 0 Å². The maximum atomic E-state index is 2.76. The molecule has 0 bridgehead atoms. The molecule has 1 saturated heterocycles. The molecule has 1 heterocycles. The number of piperidine rings is 1. The first kappa shape index (κ1) is 9.51. The zero-order valence-corrected chi connectivity index (χ0v) is 9.18. The highest BCUT2D eigenvalue weighted by Crippen LogP contribution is 2.52. The third-order valence-electron chi connectivity index (χ3n) is 4.11. The fraction of sp³-hybridized carbons (Fsp3) is 1.00. The summed E-state index contributed by atoms with van der Waals surface area (Å²) in [5.74, 6) is 0. The van der Waals surface area contributed by atoms with Crippen molar-refractivity contribution in [3.63, 3.8) is 0 Å². The molecule has 0 aromatic rings. The lowest BCUT2D eigenvalue weighted by Gasteiger charge is -2.38. The van der Waals surface area contributed by atoms with E-state index in [1.807, 2.05) is 0 Å². The van der Waals surface area contributed by atoms with Crippen molar-refractivity contribution >= 4 is 0 Å². The van der Waals surface area contributed by atoms with Crippen molar-refractivity contribution in [3.05, 3.63) is 0 Å². The van der Waals surface area contributed by atoms with Gasteiger partial charge in [0.25, 0.3) is 0 Å². The van der Waals surface area contributed by atoms with Gasteiger partial charge in [-0.15, -0.1) is 0 Å². The molecule has 0 atom stereocenters. The van der Waals surface area contributed by atoms with Crippen molar-refractivity contribution in [2.24, 2.45) is 5.41 Å². The average molecular weight is 181 g/mol. The molecule has 0 aromatic heterocycles. The predicted molar refractivity (Wildman–Crippen MR) is 56.8 cm³/mol. The molecule has 13 heavy (non-hydrogen) atoms. The summed E-state index contributed by atoms with van der Waals surface area (Å²) in [6.07, 6.45) is 8.69. The standard InChI is InChI=1S/C12H23N/c1-3-11(4-2)13-9-5-6-12(10-13)7-8-12/h11H,3-10H2,1-2H3. The van der Waals surface area contributed by atoms with E-state index >= 15 is 0 Å². The Labute approximate surface area is 82.5 Å². The van der Waals surface area contributed by atoms with Crippen LogP contribution >= 0.6 is 0 Å². The van der Waals surface area contributed by atoms with E-state index in [1.54, 1.807) is 0 Å². The quantitative estimate of drug-likeness (QED) is 0.647. The highest BCUT2D eigenvalue weighted by molar-refractivity contribution is 4.98. The first-order valence-electron chi connectivity index (χ1n) is 6.04. The first-order chi connectivity index (χ1) is 6.29. The van der Waals surface area contributed by atoms with Crippen molar-refractivity contribution in [2.45, 2.75) is 58.4 Å². The molecule has 0 N–H and O–H groups in total. The van der Waals surface area contributed by atoms with Gasteiger partial charge in [-0.2, -0.15) is 0 Å². The monoisotopic (exact) mass is 181 g/mol. The highest BCUT2D eigenvalue weighted by Gasteiger charge is 2.45. The summed E-state index contributed by atoms with van der Waals surface area (Å²) in [5.41, 5.74) is 0.806. The van der Waals surface area contributed by atoms with Crippen molar-refractivity contribution in [1.29, 1.82) is 0 Å². The van der Waals surface area contributed by atoms with Crippen LogP contribution in [0.25, 0.3) is 0 Å². The molecular weight excluding hydrogens is 158 g/mol. The maximum Gasteiger partial charge on any atom is 0.00902 e. The van der Waals surface area contributed by atoms with Gasteiger partial charge in [0.1, 0.15) is 0 Å². The van der Waals surface area contributed by atoms with Crippen LogP contribution in [0, 0.1) is 5.41 Å². The average Bonchev–Trinajstić information content (AvgIpc) is 2.87. The molecule has 0 amide bonds. The maximum absolute atomic E-state index is 2.76. The molecule has 0 aromatic carbocycles. The summed E-state index contributed by atoms with van der Waals surface area (Å²) in [6, 6.07) is 0.873. The fourth-order valence-corrected chi connectivity index (χ4v) is 2.95. The van der Waals surface area contributed by atoms with Crippen LogP contribution in [0.1, 0.15) is 52.4 Å². The van der Waals surface area contributed by atoms with Crippen LogP contribution in [0.4, 0.5) is 0 Å². The van der Waals surface area contributed by atoms with Crippen LogP contribution in [-0.4, -0.2) is 24.0 Å². The zero-order chi connectivity index (χ0) is 9.31. The van der Waals surface area contributed by atoms with E-state index in [2.05, 4.69) is 18.7 Å². The van der Waals surface area contributed by atoms with Gasteiger partial charge in [-0.3, -0.25) is 4.90 Å². The Morgan fingerprint density at radius 1 is 1.15 bits per heavy atom. The van der Waals surface area contributed by atoms with Crippen LogP contribution in [0.5, 0.6) is 0 Å².